The second-order valence-corrected chi connectivity index (χ2v) is 3.70. The van der Waals surface area contributed by atoms with E-state index < -0.39 is 0 Å². The fraction of sp³-hybridized carbons (Fsp3) is 0.308. The Morgan fingerprint density at radius 1 is 1.31 bits per heavy atom. The molecule has 0 amide bonds. The van der Waals surface area contributed by atoms with E-state index in [0.717, 1.165) is 29.6 Å². The zero-order valence-electron chi connectivity index (χ0n) is 9.39. The summed E-state index contributed by atoms with van der Waals surface area (Å²) in [6.45, 7) is 1.06. The molecule has 2 aromatic rings. The van der Waals surface area contributed by atoms with E-state index in [9.17, 15) is 0 Å². The molecule has 16 heavy (non-hydrogen) atoms. The number of hydrogen-bond acceptors (Lipinski definition) is 2. The van der Waals surface area contributed by atoms with E-state index >= 15 is 0 Å². The molecule has 0 saturated heterocycles. The van der Waals surface area contributed by atoms with Crippen LogP contribution in [0.3, 0.4) is 0 Å². The van der Waals surface area contributed by atoms with Crippen LogP contribution in [0.5, 0.6) is 5.75 Å². The molecule has 3 heteroatoms. The number of aromatic nitrogens is 1. The summed E-state index contributed by atoms with van der Waals surface area (Å²) in [7, 11) is 1.67. The summed E-state index contributed by atoms with van der Waals surface area (Å²) in [6.07, 6.45) is 2.81. The summed E-state index contributed by atoms with van der Waals surface area (Å²) in [5.74, 6) is 0.868. The molecule has 3 nitrogen and oxygen atoms in total. The predicted molar refractivity (Wildman–Crippen MR) is 62.4 cm³/mol. The van der Waals surface area contributed by atoms with Gasteiger partial charge in [0.1, 0.15) is 5.75 Å². The van der Waals surface area contributed by atoms with Crippen LogP contribution in [0, 0.1) is 0 Å². The summed E-state index contributed by atoms with van der Waals surface area (Å²) in [4.78, 5) is 0. The van der Waals surface area contributed by atoms with Crippen LogP contribution < -0.4 is 9.30 Å². The fourth-order valence-corrected chi connectivity index (χ4v) is 1.82. The van der Waals surface area contributed by atoms with Crippen molar-refractivity contribution in [3.63, 3.8) is 0 Å². The minimum Gasteiger partial charge on any atom is -0.497 e. The van der Waals surface area contributed by atoms with Crippen molar-refractivity contribution in [2.75, 3.05) is 13.7 Å². The lowest BCUT2D eigenvalue weighted by Crippen LogP contribution is -2.34. The molecule has 2 rings (SSSR count). The third-order valence-corrected chi connectivity index (χ3v) is 2.64. The van der Waals surface area contributed by atoms with Gasteiger partial charge in [-0.05, 0) is 18.2 Å². The summed E-state index contributed by atoms with van der Waals surface area (Å²) in [5.41, 5.74) is 1.16. The van der Waals surface area contributed by atoms with E-state index in [4.69, 9.17) is 9.84 Å². The Hall–Kier alpha value is -1.61. The largest absolute Gasteiger partial charge is 0.497 e. The van der Waals surface area contributed by atoms with Crippen LogP contribution in [0.15, 0.2) is 36.5 Å². The van der Waals surface area contributed by atoms with Crippen LogP contribution in [0.25, 0.3) is 10.9 Å². The summed E-state index contributed by atoms with van der Waals surface area (Å²) >= 11 is 0. The molecule has 0 bridgehead atoms. The number of rotatable bonds is 4. The summed E-state index contributed by atoms with van der Waals surface area (Å²) in [5, 5.41) is 10.0. The van der Waals surface area contributed by atoms with Gasteiger partial charge in [-0.3, -0.25) is 0 Å². The molecule has 0 aliphatic rings. The van der Waals surface area contributed by atoms with Gasteiger partial charge in [0, 0.05) is 25.2 Å². The van der Waals surface area contributed by atoms with Crippen molar-refractivity contribution in [1.82, 2.24) is 0 Å². The molecule has 84 valence electrons. The lowest BCUT2D eigenvalue weighted by Gasteiger charge is -2.02. The van der Waals surface area contributed by atoms with Gasteiger partial charge in [0.05, 0.1) is 12.5 Å². The number of nitrogens with zero attached hydrogens (tertiary/aromatic N) is 1. The van der Waals surface area contributed by atoms with Gasteiger partial charge in [-0.1, -0.05) is 0 Å². The Balaban J connectivity index is 2.43. The van der Waals surface area contributed by atoms with Gasteiger partial charge in [0.25, 0.3) is 0 Å². The average Bonchev–Trinajstić information content (AvgIpc) is 2.35. The second-order valence-electron chi connectivity index (χ2n) is 3.70. The molecule has 0 fully saturated rings. The lowest BCUT2D eigenvalue weighted by atomic mass is 10.2. The van der Waals surface area contributed by atoms with Crippen molar-refractivity contribution in [2.45, 2.75) is 13.0 Å². The van der Waals surface area contributed by atoms with Gasteiger partial charge in [-0.25, -0.2) is 0 Å². The normalized spacial score (nSPS) is 10.6. The highest BCUT2D eigenvalue weighted by molar-refractivity contribution is 5.77. The molecule has 0 aliphatic heterocycles. The number of ether oxygens (including phenoxy) is 1. The van der Waals surface area contributed by atoms with Gasteiger partial charge in [-0.15, -0.1) is 0 Å². The zero-order chi connectivity index (χ0) is 11.4. The Labute approximate surface area is 94.9 Å². The Morgan fingerprint density at radius 2 is 2.19 bits per heavy atom. The van der Waals surface area contributed by atoms with E-state index in [1.165, 1.54) is 0 Å². The van der Waals surface area contributed by atoms with Gasteiger partial charge in [-0.2, -0.15) is 4.57 Å². The molecule has 0 saturated carbocycles. The van der Waals surface area contributed by atoms with E-state index in [2.05, 4.69) is 10.6 Å². The Morgan fingerprint density at radius 3 is 2.94 bits per heavy atom. The van der Waals surface area contributed by atoms with Crippen LogP contribution in [0.1, 0.15) is 6.42 Å². The third kappa shape index (κ3) is 2.14. The van der Waals surface area contributed by atoms with Crippen molar-refractivity contribution in [3.8, 4) is 5.75 Å². The van der Waals surface area contributed by atoms with Crippen LogP contribution in [-0.2, 0) is 6.54 Å². The van der Waals surface area contributed by atoms with Crippen LogP contribution in [-0.4, -0.2) is 18.8 Å². The average molecular weight is 218 g/mol. The summed E-state index contributed by atoms with van der Waals surface area (Å²) in [6, 6.07) is 10.1. The SMILES string of the molecule is COc1ccc2c(ccc[n+]2CCCO)c1. The molecule has 0 aliphatic carbocycles. The predicted octanol–water partition coefficient (Wildman–Crippen LogP) is 1.52. The number of aliphatic hydroxyl groups excluding tert-OH is 1. The first kappa shape index (κ1) is 10.9. The molecule has 1 N–H and O–H groups in total. The van der Waals surface area contributed by atoms with Crippen molar-refractivity contribution in [1.29, 1.82) is 0 Å². The molecule has 0 radical (unpaired) electrons. The number of aryl methyl sites for hydroxylation is 1. The minimum absolute atomic E-state index is 0.222. The number of benzene rings is 1. The Kier molecular flexibility index (Phi) is 3.37. The highest BCUT2D eigenvalue weighted by atomic mass is 16.5. The molecular weight excluding hydrogens is 202 g/mol. The molecular formula is C13H16NO2+. The highest BCUT2D eigenvalue weighted by Gasteiger charge is 2.08. The first-order chi connectivity index (χ1) is 7.85. The molecule has 0 spiro atoms. The van der Waals surface area contributed by atoms with Crippen LogP contribution >= 0.6 is 0 Å². The van der Waals surface area contributed by atoms with E-state index in [1.807, 2.05) is 30.5 Å². The van der Waals surface area contributed by atoms with Gasteiger partial charge >= 0.3 is 0 Å². The number of pyridine rings is 1. The number of fused-ring (bicyclic) bond motifs is 1. The van der Waals surface area contributed by atoms with Gasteiger partial charge in [0.15, 0.2) is 12.7 Å². The quantitative estimate of drug-likeness (QED) is 0.789. The highest BCUT2D eigenvalue weighted by Crippen LogP contribution is 2.17. The zero-order valence-corrected chi connectivity index (χ0v) is 9.39. The first-order valence-electron chi connectivity index (χ1n) is 5.42. The first-order valence-corrected chi connectivity index (χ1v) is 5.42. The third-order valence-electron chi connectivity index (χ3n) is 2.64. The number of aliphatic hydroxyl groups is 1. The van der Waals surface area contributed by atoms with Gasteiger partial charge < -0.3 is 9.84 Å². The van der Waals surface area contributed by atoms with Crippen LogP contribution in [0.2, 0.25) is 0 Å². The molecule has 0 unspecified atom stereocenters. The van der Waals surface area contributed by atoms with E-state index in [0.29, 0.717) is 0 Å². The van der Waals surface area contributed by atoms with Crippen molar-refractivity contribution < 1.29 is 14.4 Å². The van der Waals surface area contributed by atoms with Gasteiger partial charge in [0.2, 0.25) is 5.52 Å². The van der Waals surface area contributed by atoms with Crippen molar-refractivity contribution >= 4 is 10.9 Å². The van der Waals surface area contributed by atoms with Crippen molar-refractivity contribution in [2.24, 2.45) is 0 Å². The van der Waals surface area contributed by atoms with E-state index in [1.54, 1.807) is 7.11 Å². The number of methoxy groups -OCH3 is 1. The number of hydrogen-bond donors (Lipinski definition) is 1. The maximum absolute atomic E-state index is 8.85. The maximum Gasteiger partial charge on any atom is 0.212 e. The standard InChI is InChI=1S/C13H16NO2/c1-16-12-5-6-13-11(10-12)4-2-7-14(13)8-3-9-15/h2,4-7,10,15H,3,8-9H2,1H3/q+1. The topological polar surface area (TPSA) is 33.3 Å². The second kappa shape index (κ2) is 4.94. The van der Waals surface area contributed by atoms with Crippen LogP contribution in [0.4, 0.5) is 0 Å². The fourth-order valence-electron chi connectivity index (χ4n) is 1.82. The van der Waals surface area contributed by atoms with E-state index in [-0.39, 0.29) is 6.61 Å². The lowest BCUT2D eigenvalue weighted by molar-refractivity contribution is -0.672. The molecule has 1 aromatic carbocycles. The molecule has 1 aromatic heterocycles. The molecule has 0 atom stereocenters. The summed E-state index contributed by atoms with van der Waals surface area (Å²) < 4.78 is 7.34. The van der Waals surface area contributed by atoms with Crippen molar-refractivity contribution in [3.05, 3.63) is 36.5 Å². The smallest absolute Gasteiger partial charge is 0.212 e. The Bertz CT molecular complexity index is 482. The maximum atomic E-state index is 8.85. The molecule has 1 heterocycles. The minimum atomic E-state index is 0.222. The monoisotopic (exact) mass is 218 g/mol.